The maximum absolute atomic E-state index is 13.2. The van der Waals surface area contributed by atoms with Crippen molar-refractivity contribution in [2.45, 2.75) is 20.0 Å². The van der Waals surface area contributed by atoms with Gasteiger partial charge in [0.1, 0.15) is 0 Å². The molecule has 1 saturated heterocycles. The summed E-state index contributed by atoms with van der Waals surface area (Å²) in [5.41, 5.74) is 3.17. The fourth-order valence-corrected chi connectivity index (χ4v) is 4.08. The molecule has 0 saturated carbocycles. The molecule has 1 aliphatic heterocycles. The van der Waals surface area contributed by atoms with Crippen molar-refractivity contribution in [3.8, 4) is 0 Å². The number of hydrogen-bond donors (Lipinski definition) is 1. The van der Waals surface area contributed by atoms with Crippen LogP contribution in [-0.2, 0) is 24.9 Å². The lowest BCUT2D eigenvalue weighted by molar-refractivity contribution is 0.0342. The Bertz CT molecular complexity index is 1170. The molecule has 8 heteroatoms. The molecule has 4 rings (SSSR count). The SMILES string of the molecule is Cc1cc(CN2CCOCC2)cc2c(=O)c(C(=O)NCc3ccc(Cl)cc3)nn(C)c12. The second-order valence-corrected chi connectivity index (χ2v) is 8.24. The Labute approximate surface area is 185 Å². The van der Waals surface area contributed by atoms with Crippen LogP contribution in [0.3, 0.4) is 0 Å². The van der Waals surface area contributed by atoms with Crippen molar-refractivity contribution in [1.29, 1.82) is 0 Å². The lowest BCUT2D eigenvalue weighted by atomic mass is 10.0. The van der Waals surface area contributed by atoms with Gasteiger partial charge in [0.15, 0.2) is 5.69 Å². The van der Waals surface area contributed by atoms with E-state index in [1.165, 1.54) is 0 Å². The highest BCUT2D eigenvalue weighted by atomic mass is 35.5. The van der Waals surface area contributed by atoms with E-state index in [4.69, 9.17) is 16.3 Å². The molecule has 1 aromatic heterocycles. The Morgan fingerprint density at radius 3 is 2.58 bits per heavy atom. The molecular weight excluding hydrogens is 416 g/mol. The van der Waals surface area contributed by atoms with Gasteiger partial charge in [-0.05, 0) is 41.8 Å². The number of amides is 1. The number of aryl methyl sites for hydroxylation is 2. The highest BCUT2D eigenvalue weighted by molar-refractivity contribution is 6.30. The van der Waals surface area contributed by atoms with E-state index >= 15 is 0 Å². The van der Waals surface area contributed by atoms with Crippen LogP contribution in [-0.4, -0.2) is 46.9 Å². The second kappa shape index (κ2) is 9.18. The zero-order valence-corrected chi connectivity index (χ0v) is 18.4. The molecule has 0 spiro atoms. The molecule has 0 bridgehead atoms. The fourth-order valence-electron chi connectivity index (χ4n) is 3.96. The van der Waals surface area contributed by atoms with Crippen LogP contribution in [0, 0.1) is 6.92 Å². The zero-order valence-electron chi connectivity index (χ0n) is 17.7. The summed E-state index contributed by atoms with van der Waals surface area (Å²) in [6.45, 7) is 6.16. The first-order valence-corrected chi connectivity index (χ1v) is 10.6. The Morgan fingerprint density at radius 1 is 1.16 bits per heavy atom. The Balaban J connectivity index is 1.62. The summed E-state index contributed by atoms with van der Waals surface area (Å²) in [4.78, 5) is 28.2. The quantitative estimate of drug-likeness (QED) is 0.660. The predicted octanol–water partition coefficient (Wildman–Crippen LogP) is 2.66. The summed E-state index contributed by atoms with van der Waals surface area (Å²) in [5, 5.41) is 8.20. The van der Waals surface area contributed by atoms with E-state index in [1.54, 1.807) is 23.9 Å². The largest absolute Gasteiger partial charge is 0.379 e. The third-order valence-electron chi connectivity index (χ3n) is 5.48. The van der Waals surface area contributed by atoms with Crippen LogP contribution in [0.5, 0.6) is 0 Å². The van der Waals surface area contributed by atoms with Crippen molar-refractivity contribution in [3.63, 3.8) is 0 Å². The van der Waals surface area contributed by atoms with E-state index in [0.29, 0.717) is 10.4 Å². The van der Waals surface area contributed by atoms with E-state index in [0.717, 1.165) is 55.1 Å². The van der Waals surface area contributed by atoms with Gasteiger partial charge in [0, 0.05) is 38.2 Å². The van der Waals surface area contributed by atoms with Crippen molar-refractivity contribution in [2.24, 2.45) is 7.05 Å². The number of benzene rings is 2. The number of hydrogen-bond acceptors (Lipinski definition) is 5. The third kappa shape index (κ3) is 4.79. The monoisotopic (exact) mass is 440 g/mol. The number of ether oxygens (including phenoxy) is 1. The second-order valence-electron chi connectivity index (χ2n) is 7.81. The van der Waals surface area contributed by atoms with Crippen LogP contribution in [0.15, 0.2) is 41.2 Å². The fraction of sp³-hybridized carbons (Fsp3) is 0.348. The van der Waals surface area contributed by atoms with Crippen molar-refractivity contribution in [2.75, 3.05) is 26.3 Å². The molecule has 1 N–H and O–H groups in total. The normalized spacial score (nSPS) is 14.7. The van der Waals surface area contributed by atoms with Crippen molar-refractivity contribution < 1.29 is 9.53 Å². The summed E-state index contributed by atoms with van der Waals surface area (Å²) >= 11 is 5.90. The van der Waals surface area contributed by atoms with E-state index in [-0.39, 0.29) is 17.7 Å². The van der Waals surface area contributed by atoms with Crippen LogP contribution in [0.2, 0.25) is 5.02 Å². The lowest BCUT2D eigenvalue weighted by Gasteiger charge is -2.26. The maximum atomic E-state index is 13.2. The van der Waals surface area contributed by atoms with Gasteiger partial charge in [-0.3, -0.25) is 19.2 Å². The lowest BCUT2D eigenvalue weighted by Crippen LogP contribution is -2.35. The highest BCUT2D eigenvalue weighted by Crippen LogP contribution is 2.19. The highest BCUT2D eigenvalue weighted by Gasteiger charge is 2.19. The van der Waals surface area contributed by atoms with Crippen molar-refractivity contribution in [1.82, 2.24) is 20.0 Å². The molecule has 0 unspecified atom stereocenters. The zero-order chi connectivity index (χ0) is 22.0. The smallest absolute Gasteiger partial charge is 0.276 e. The number of morpholine rings is 1. The molecule has 162 valence electrons. The standard InChI is InChI=1S/C23H25ClN4O3/c1-15-11-17(14-28-7-9-31-10-8-28)12-19-21(15)27(2)26-20(22(19)29)23(30)25-13-16-3-5-18(24)6-4-16/h3-6,11-12H,7-10,13-14H2,1-2H3,(H,25,30). The number of carbonyl (C=O) groups excluding carboxylic acids is 1. The van der Waals surface area contributed by atoms with Crippen LogP contribution in [0.4, 0.5) is 0 Å². The topological polar surface area (TPSA) is 76.5 Å². The minimum Gasteiger partial charge on any atom is -0.379 e. The first-order valence-electron chi connectivity index (χ1n) is 10.3. The van der Waals surface area contributed by atoms with Gasteiger partial charge in [0.2, 0.25) is 5.43 Å². The molecular formula is C23H25ClN4O3. The van der Waals surface area contributed by atoms with Gasteiger partial charge in [-0.25, -0.2) is 0 Å². The first kappa shape index (κ1) is 21.5. The van der Waals surface area contributed by atoms with Gasteiger partial charge < -0.3 is 10.1 Å². The van der Waals surface area contributed by atoms with Gasteiger partial charge in [0.05, 0.1) is 24.1 Å². The number of nitrogens with one attached hydrogen (secondary N) is 1. The van der Waals surface area contributed by atoms with E-state index in [2.05, 4.69) is 21.4 Å². The van der Waals surface area contributed by atoms with Crippen LogP contribution >= 0.6 is 11.6 Å². The Morgan fingerprint density at radius 2 is 1.87 bits per heavy atom. The number of halogens is 1. The molecule has 31 heavy (non-hydrogen) atoms. The molecule has 7 nitrogen and oxygen atoms in total. The average molecular weight is 441 g/mol. The summed E-state index contributed by atoms with van der Waals surface area (Å²) in [7, 11) is 1.76. The molecule has 1 fully saturated rings. The molecule has 2 aromatic carbocycles. The number of carbonyl (C=O) groups is 1. The Hall–Kier alpha value is -2.74. The number of aromatic nitrogens is 2. The third-order valence-corrected chi connectivity index (χ3v) is 5.74. The summed E-state index contributed by atoms with van der Waals surface area (Å²) in [5.74, 6) is -0.492. The minimum absolute atomic E-state index is 0.105. The molecule has 3 aromatic rings. The molecule has 0 atom stereocenters. The molecule has 0 aliphatic carbocycles. The van der Waals surface area contributed by atoms with Gasteiger partial charge in [0.25, 0.3) is 5.91 Å². The van der Waals surface area contributed by atoms with Crippen LogP contribution in [0.1, 0.15) is 27.2 Å². The van der Waals surface area contributed by atoms with Crippen molar-refractivity contribution >= 4 is 28.4 Å². The Kier molecular flexibility index (Phi) is 6.36. The maximum Gasteiger partial charge on any atom is 0.276 e. The van der Waals surface area contributed by atoms with Gasteiger partial charge in [-0.2, -0.15) is 5.10 Å². The van der Waals surface area contributed by atoms with E-state index in [9.17, 15) is 9.59 Å². The average Bonchev–Trinajstić information content (AvgIpc) is 2.76. The summed E-state index contributed by atoms with van der Waals surface area (Å²) in [6, 6.07) is 11.1. The molecule has 2 heterocycles. The van der Waals surface area contributed by atoms with Crippen molar-refractivity contribution in [3.05, 3.63) is 74.0 Å². The van der Waals surface area contributed by atoms with Gasteiger partial charge >= 0.3 is 0 Å². The number of rotatable bonds is 5. The summed E-state index contributed by atoms with van der Waals surface area (Å²) < 4.78 is 7.03. The van der Waals surface area contributed by atoms with Crippen LogP contribution < -0.4 is 10.7 Å². The molecule has 0 radical (unpaired) electrons. The predicted molar refractivity (Wildman–Crippen MR) is 120 cm³/mol. The number of fused-ring (bicyclic) bond motifs is 1. The van der Waals surface area contributed by atoms with Gasteiger partial charge in [-0.1, -0.05) is 29.8 Å². The van der Waals surface area contributed by atoms with E-state index in [1.807, 2.05) is 25.1 Å². The van der Waals surface area contributed by atoms with E-state index < -0.39 is 5.91 Å². The molecule has 1 aliphatic rings. The van der Waals surface area contributed by atoms with Gasteiger partial charge in [-0.15, -0.1) is 0 Å². The summed E-state index contributed by atoms with van der Waals surface area (Å²) in [6.07, 6.45) is 0. The van der Waals surface area contributed by atoms with Crippen LogP contribution in [0.25, 0.3) is 10.9 Å². The molecule has 1 amide bonds. The minimum atomic E-state index is -0.492. The number of nitrogens with zero attached hydrogens (tertiary/aromatic N) is 3. The first-order chi connectivity index (χ1) is 14.9.